The highest BCUT2D eigenvalue weighted by Crippen LogP contribution is 2.10. The van der Waals surface area contributed by atoms with E-state index in [1.165, 1.54) is 16.7 Å². The maximum absolute atomic E-state index is 2.13. The van der Waals surface area contributed by atoms with Crippen LogP contribution in [-0.4, -0.2) is 0 Å². The highest BCUT2D eigenvalue weighted by molar-refractivity contribution is 5.70. The lowest BCUT2D eigenvalue weighted by molar-refractivity contribution is 1.61. The van der Waals surface area contributed by atoms with Crippen molar-refractivity contribution in [3.05, 3.63) is 77.4 Å². The first-order valence-electron chi connectivity index (χ1n) is 5.84. The van der Waals surface area contributed by atoms with Crippen molar-refractivity contribution in [2.75, 3.05) is 0 Å². The zero-order valence-corrected chi connectivity index (χ0v) is 10.0. The van der Waals surface area contributed by atoms with Gasteiger partial charge in [-0.2, -0.15) is 0 Å². The first-order valence-corrected chi connectivity index (χ1v) is 5.84. The summed E-state index contributed by atoms with van der Waals surface area (Å²) in [6.07, 6.45) is 8.42. The number of allylic oxidation sites excluding steroid dienone is 1. The van der Waals surface area contributed by atoms with Gasteiger partial charge in [-0.1, -0.05) is 78.9 Å². The zero-order valence-electron chi connectivity index (χ0n) is 10.0. The SMILES string of the molecule is CC=Cc1ccc(C=Cc2ccccc2)cc1. The van der Waals surface area contributed by atoms with E-state index in [1.807, 2.05) is 13.0 Å². The smallest absolute Gasteiger partial charge is 0.0256 e. The van der Waals surface area contributed by atoms with Crippen LogP contribution in [0.4, 0.5) is 0 Å². The van der Waals surface area contributed by atoms with Crippen LogP contribution in [0.3, 0.4) is 0 Å². The van der Waals surface area contributed by atoms with Crippen molar-refractivity contribution in [1.82, 2.24) is 0 Å². The van der Waals surface area contributed by atoms with Gasteiger partial charge in [0.05, 0.1) is 0 Å². The fourth-order valence-electron chi connectivity index (χ4n) is 1.67. The van der Waals surface area contributed by atoms with Gasteiger partial charge in [0.15, 0.2) is 0 Å². The third-order valence-electron chi connectivity index (χ3n) is 2.56. The van der Waals surface area contributed by atoms with E-state index in [9.17, 15) is 0 Å². The van der Waals surface area contributed by atoms with Crippen LogP contribution in [0, 0.1) is 0 Å². The summed E-state index contributed by atoms with van der Waals surface area (Å²) < 4.78 is 0. The quantitative estimate of drug-likeness (QED) is 0.646. The van der Waals surface area contributed by atoms with Crippen molar-refractivity contribution in [2.45, 2.75) is 6.92 Å². The van der Waals surface area contributed by atoms with Gasteiger partial charge in [-0.05, 0) is 23.6 Å². The molecular weight excluding hydrogens is 204 g/mol. The molecule has 0 aliphatic carbocycles. The molecule has 0 heterocycles. The summed E-state index contributed by atoms with van der Waals surface area (Å²) in [6, 6.07) is 18.9. The number of hydrogen-bond acceptors (Lipinski definition) is 0. The molecule has 0 amide bonds. The molecule has 0 bridgehead atoms. The molecule has 2 aromatic rings. The van der Waals surface area contributed by atoms with Crippen molar-refractivity contribution in [3.8, 4) is 0 Å². The van der Waals surface area contributed by atoms with Gasteiger partial charge in [-0.25, -0.2) is 0 Å². The molecule has 0 N–H and O–H groups in total. The van der Waals surface area contributed by atoms with Gasteiger partial charge in [0, 0.05) is 0 Å². The fraction of sp³-hybridized carbons (Fsp3) is 0.0588. The van der Waals surface area contributed by atoms with Crippen LogP contribution < -0.4 is 0 Å². The predicted molar refractivity (Wildman–Crippen MR) is 76.5 cm³/mol. The average Bonchev–Trinajstić information content (AvgIpc) is 2.40. The van der Waals surface area contributed by atoms with E-state index in [4.69, 9.17) is 0 Å². The molecule has 0 radical (unpaired) electrons. The maximum atomic E-state index is 2.13. The molecule has 0 aliphatic heterocycles. The predicted octanol–water partition coefficient (Wildman–Crippen LogP) is 4.89. The van der Waals surface area contributed by atoms with Gasteiger partial charge in [-0.3, -0.25) is 0 Å². The Balaban J connectivity index is 2.11. The van der Waals surface area contributed by atoms with Crippen LogP contribution in [-0.2, 0) is 0 Å². The van der Waals surface area contributed by atoms with Crippen molar-refractivity contribution < 1.29 is 0 Å². The van der Waals surface area contributed by atoms with Crippen LogP contribution in [0.5, 0.6) is 0 Å². The second-order valence-corrected chi connectivity index (χ2v) is 3.91. The normalized spacial score (nSPS) is 11.4. The Morgan fingerprint density at radius 3 is 1.59 bits per heavy atom. The summed E-state index contributed by atoms with van der Waals surface area (Å²) in [5, 5.41) is 0. The summed E-state index contributed by atoms with van der Waals surface area (Å²) in [5.41, 5.74) is 3.69. The van der Waals surface area contributed by atoms with Crippen molar-refractivity contribution in [1.29, 1.82) is 0 Å². The first kappa shape index (κ1) is 11.4. The Hall–Kier alpha value is -2.08. The lowest BCUT2D eigenvalue weighted by atomic mass is 10.1. The molecule has 0 unspecified atom stereocenters. The molecule has 2 rings (SSSR count). The van der Waals surface area contributed by atoms with Crippen LogP contribution in [0.2, 0.25) is 0 Å². The van der Waals surface area contributed by atoms with Gasteiger partial charge >= 0.3 is 0 Å². The topological polar surface area (TPSA) is 0 Å². The minimum Gasteiger partial charge on any atom is -0.0871 e. The number of rotatable bonds is 3. The van der Waals surface area contributed by atoms with Crippen molar-refractivity contribution in [3.63, 3.8) is 0 Å². The van der Waals surface area contributed by atoms with Crippen LogP contribution >= 0.6 is 0 Å². The highest BCUT2D eigenvalue weighted by Gasteiger charge is 1.88. The Kier molecular flexibility index (Phi) is 3.93. The summed E-state index contributed by atoms with van der Waals surface area (Å²) in [6.45, 7) is 2.03. The third kappa shape index (κ3) is 3.46. The van der Waals surface area contributed by atoms with Crippen LogP contribution in [0.25, 0.3) is 18.2 Å². The molecule has 0 heteroatoms. The van der Waals surface area contributed by atoms with Gasteiger partial charge in [0.25, 0.3) is 0 Å². The Morgan fingerprint density at radius 2 is 1.06 bits per heavy atom. The zero-order chi connectivity index (χ0) is 11.9. The molecule has 0 aliphatic rings. The molecule has 0 nitrogen and oxygen atoms in total. The molecule has 2 aromatic carbocycles. The molecule has 17 heavy (non-hydrogen) atoms. The Morgan fingerprint density at radius 1 is 0.588 bits per heavy atom. The van der Waals surface area contributed by atoms with E-state index in [0.29, 0.717) is 0 Å². The fourth-order valence-corrected chi connectivity index (χ4v) is 1.67. The second-order valence-electron chi connectivity index (χ2n) is 3.91. The Bertz CT molecular complexity index is 501. The summed E-state index contributed by atoms with van der Waals surface area (Å²) in [4.78, 5) is 0. The van der Waals surface area contributed by atoms with Gasteiger partial charge in [0.2, 0.25) is 0 Å². The first-order chi connectivity index (χ1) is 8.38. The summed E-state index contributed by atoms with van der Waals surface area (Å²) in [7, 11) is 0. The van der Waals surface area contributed by atoms with Gasteiger partial charge in [-0.15, -0.1) is 0 Å². The molecule has 0 saturated heterocycles. The van der Waals surface area contributed by atoms with E-state index in [-0.39, 0.29) is 0 Å². The summed E-state index contributed by atoms with van der Waals surface area (Å²) >= 11 is 0. The Labute approximate surface area is 103 Å². The minimum absolute atomic E-state index is 1.22. The highest BCUT2D eigenvalue weighted by atomic mass is 13.9. The molecule has 0 fully saturated rings. The molecular formula is C17H16. The summed E-state index contributed by atoms with van der Waals surface area (Å²) in [5.74, 6) is 0. The van der Waals surface area contributed by atoms with Crippen molar-refractivity contribution in [2.24, 2.45) is 0 Å². The number of benzene rings is 2. The molecule has 0 spiro atoms. The van der Waals surface area contributed by atoms with E-state index in [0.717, 1.165) is 0 Å². The monoisotopic (exact) mass is 220 g/mol. The molecule has 0 atom stereocenters. The lowest BCUT2D eigenvalue weighted by Crippen LogP contribution is -1.74. The van der Waals surface area contributed by atoms with Crippen LogP contribution in [0.1, 0.15) is 23.6 Å². The molecule has 0 aromatic heterocycles. The molecule has 84 valence electrons. The lowest BCUT2D eigenvalue weighted by Gasteiger charge is -1.96. The van der Waals surface area contributed by atoms with Gasteiger partial charge in [0.1, 0.15) is 0 Å². The van der Waals surface area contributed by atoms with E-state index < -0.39 is 0 Å². The van der Waals surface area contributed by atoms with Crippen molar-refractivity contribution >= 4 is 18.2 Å². The van der Waals surface area contributed by atoms with E-state index in [2.05, 4.69) is 72.8 Å². The minimum atomic E-state index is 1.22. The largest absolute Gasteiger partial charge is 0.0871 e. The van der Waals surface area contributed by atoms with E-state index in [1.54, 1.807) is 0 Å². The van der Waals surface area contributed by atoms with E-state index >= 15 is 0 Å². The standard InChI is InChI=1S/C17H16/c1-2-6-15-9-12-17(13-10-15)14-11-16-7-4-3-5-8-16/h2-14H,1H3. The van der Waals surface area contributed by atoms with Gasteiger partial charge < -0.3 is 0 Å². The van der Waals surface area contributed by atoms with Crippen LogP contribution in [0.15, 0.2) is 60.7 Å². The number of hydrogen-bond donors (Lipinski definition) is 0. The third-order valence-corrected chi connectivity index (χ3v) is 2.56. The average molecular weight is 220 g/mol. The maximum Gasteiger partial charge on any atom is -0.0256 e. The molecule has 0 saturated carbocycles. The second kappa shape index (κ2) is 5.86.